The molecule has 5 rings (SSSR count). The maximum atomic E-state index is 13.1. The number of amides is 3. The van der Waals surface area contributed by atoms with Crippen LogP contribution in [0, 0.1) is 10.1 Å². The van der Waals surface area contributed by atoms with E-state index in [9.17, 15) is 24.5 Å². The van der Waals surface area contributed by atoms with Crippen LogP contribution in [0.2, 0.25) is 0 Å². The van der Waals surface area contributed by atoms with Gasteiger partial charge >= 0.3 is 0 Å². The Morgan fingerprint density at radius 3 is 2.39 bits per heavy atom. The van der Waals surface area contributed by atoms with Crippen molar-refractivity contribution in [3.05, 3.63) is 99.1 Å². The van der Waals surface area contributed by atoms with Crippen LogP contribution in [0.25, 0.3) is 11.3 Å². The molecule has 2 aliphatic heterocycles. The molecule has 2 aliphatic rings. The third-order valence-electron chi connectivity index (χ3n) is 6.61. The van der Waals surface area contributed by atoms with Crippen LogP contribution in [0.3, 0.4) is 0 Å². The average molecular weight is 482 g/mol. The second-order valence-corrected chi connectivity index (χ2v) is 9.24. The molecule has 0 unspecified atom stereocenters. The lowest BCUT2D eigenvalue weighted by Crippen LogP contribution is -2.49. The molecule has 2 heterocycles. The van der Waals surface area contributed by atoms with Gasteiger partial charge in [0.05, 0.1) is 21.6 Å². The molecule has 0 aliphatic carbocycles. The summed E-state index contributed by atoms with van der Waals surface area (Å²) in [4.78, 5) is 50.7. The SMILES string of the molecule is CN1C(=O)c2cc(NC(=C3C(=O)Nc4ccc([N+](=O)[O-])cc43)c3ccccc3)ccc2C(C)(C)C1=O. The molecule has 3 amide bonds. The predicted molar refractivity (Wildman–Crippen MR) is 135 cm³/mol. The normalized spacial score (nSPS) is 17.3. The van der Waals surface area contributed by atoms with Gasteiger partial charge in [0, 0.05) is 41.7 Å². The van der Waals surface area contributed by atoms with Gasteiger partial charge in [0.15, 0.2) is 0 Å². The smallest absolute Gasteiger partial charge is 0.270 e. The Hall–Kier alpha value is -4.79. The second-order valence-electron chi connectivity index (χ2n) is 9.24. The Kier molecular flexibility index (Phi) is 5.21. The van der Waals surface area contributed by atoms with E-state index in [1.54, 1.807) is 32.0 Å². The number of nitrogens with one attached hydrogen (secondary N) is 2. The average Bonchev–Trinajstić information content (AvgIpc) is 3.20. The number of carbonyl (C=O) groups excluding carboxylic acids is 3. The molecule has 0 fully saturated rings. The van der Waals surface area contributed by atoms with Crippen LogP contribution in [0.1, 0.15) is 40.9 Å². The van der Waals surface area contributed by atoms with Crippen molar-refractivity contribution in [1.82, 2.24) is 4.90 Å². The molecule has 0 saturated carbocycles. The van der Waals surface area contributed by atoms with Crippen molar-refractivity contribution < 1.29 is 19.3 Å². The van der Waals surface area contributed by atoms with Crippen LogP contribution in [-0.4, -0.2) is 34.6 Å². The minimum Gasteiger partial charge on any atom is -0.354 e. The van der Waals surface area contributed by atoms with E-state index in [1.807, 2.05) is 30.3 Å². The number of nitro benzene ring substituents is 1. The molecular formula is C27H22N4O5. The minimum atomic E-state index is -0.875. The molecule has 3 aromatic rings. The van der Waals surface area contributed by atoms with Crippen LogP contribution in [0.5, 0.6) is 0 Å². The van der Waals surface area contributed by atoms with Gasteiger partial charge in [-0.2, -0.15) is 0 Å². The van der Waals surface area contributed by atoms with Crippen molar-refractivity contribution in [3.8, 4) is 0 Å². The van der Waals surface area contributed by atoms with Gasteiger partial charge in [0.2, 0.25) is 5.91 Å². The number of non-ortho nitro benzene ring substituents is 1. The lowest BCUT2D eigenvalue weighted by atomic mass is 9.77. The molecule has 36 heavy (non-hydrogen) atoms. The highest BCUT2D eigenvalue weighted by Gasteiger charge is 2.43. The fourth-order valence-corrected chi connectivity index (χ4v) is 4.70. The van der Waals surface area contributed by atoms with Gasteiger partial charge in [0.1, 0.15) is 0 Å². The molecule has 3 aromatic carbocycles. The summed E-state index contributed by atoms with van der Waals surface area (Å²) in [6, 6.07) is 18.5. The Labute approximate surface area is 206 Å². The van der Waals surface area contributed by atoms with E-state index >= 15 is 0 Å². The van der Waals surface area contributed by atoms with Gasteiger partial charge in [-0.15, -0.1) is 0 Å². The molecule has 0 aromatic heterocycles. The maximum Gasteiger partial charge on any atom is 0.270 e. The second kappa shape index (κ2) is 8.16. The molecule has 0 radical (unpaired) electrons. The monoisotopic (exact) mass is 482 g/mol. The van der Waals surface area contributed by atoms with Crippen molar-refractivity contribution in [2.24, 2.45) is 0 Å². The van der Waals surface area contributed by atoms with Crippen LogP contribution in [-0.2, 0) is 15.0 Å². The van der Waals surface area contributed by atoms with E-state index in [2.05, 4.69) is 10.6 Å². The number of likely N-dealkylation sites (N-methyl/N-ethyl adjacent to an activating group) is 1. The maximum absolute atomic E-state index is 13.1. The quantitative estimate of drug-likeness (QED) is 0.246. The number of hydrogen-bond donors (Lipinski definition) is 2. The van der Waals surface area contributed by atoms with Gasteiger partial charge in [-0.3, -0.25) is 29.4 Å². The predicted octanol–water partition coefficient (Wildman–Crippen LogP) is 4.42. The number of rotatable bonds is 4. The Morgan fingerprint density at radius 1 is 0.972 bits per heavy atom. The standard InChI is InChI=1S/C27H22N4O5/c1-27(2)20-11-9-16(13-18(20)25(33)30(3)26(27)34)28-23(15-7-5-4-6-8-15)22-19-14-17(31(35)36)10-12-21(19)29-24(22)32/h4-14,28H,1-3H3,(H,29,32). The highest BCUT2D eigenvalue weighted by molar-refractivity contribution is 6.37. The van der Waals surface area contributed by atoms with Crippen molar-refractivity contribution in [2.45, 2.75) is 19.3 Å². The van der Waals surface area contributed by atoms with Crippen LogP contribution >= 0.6 is 0 Å². The number of fused-ring (bicyclic) bond motifs is 2. The Morgan fingerprint density at radius 2 is 1.69 bits per heavy atom. The molecule has 0 spiro atoms. The zero-order valence-electron chi connectivity index (χ0n) is 19.8. The third kappa shape index (κ3) is 3.52. The highest BCUT2D eigenvalue weighted by Crippen LogP contribution is 2.40. The summed E-state index contributed by atoms with van der Waals surface area (Å²) in [5, 5.41) is 17.4. The molecule has 0 bridgehead atoms. The summed E-state index contributed by atoms with van der Waals surface area (Å²) >= 11 is 0. The van der Waals surface area contributed by atoms with Gasteiger partial charge in [0.25, 0.3) is 17.5 Å². The molecular weight excluding hydrogens is 460 g/mol. The fraction of sp³-hybridized carbons (Fsp3) is 0.148. The lowest BCUT2D eigenvalue weighted by molar-refractivity contribution is -0.384. The number of benzene rings is 3. The Balaban J connectivity index is 1.68. The van der Waals surface area contributed by atoms with Crippen molar-refractivity contribution in [3.63, 3.8) is 0 Å². The largest absolute Gasteiger partial charge is 0.354 e. The zero-order chi connectivity index (χ0) is 25.8. The fourth-order valence-electron chi connectivity index (χ4n) is 4.70. The van der Waals surface area contributed by atoms with Gasteiger partial charge in [-0.1, -0.05) is 36.4 Å². The van der Waals surface area contributed by atoms with E-state index in [0.29, 0.717) is 39.3 Å². The van der Waals surface area contributed by atoms with E-state index in [-0.39, 0.29) is 17.2 Å². The number of imide groups is 1. The van der Waals surface area contributed by atoms with E-state index in [4.69, 9.17) is 0 Å². The van der Waals surface area contributed by atoms with Crippen molar-refractivity contribution in [1.29, 1.82) is 0 Å². The number of nitro groups is 1. The van der Waals surface area contributed by atoms with Crippen LogP contribution in [0.15, 0.2) is 66.7 Å². The zero-order valence-corrected chi connectivity index (χ0v) is 19.8. The first kappa shape index (κ1) is 23.0. The highest BCUT2D eigenvalue weighted by atomic mass is 16.6. The number of nitrogens with zero attached hydrogens (tertiary/aromatic N) is 2. The van der Waals surface area contributed by atoms with Crippen molar-refractivity contribution in [2.75, 3.05) is 17.7 Å². The minimum absolute atomic E-state index is 0.135. The summed E-state index contributed by atoms with van der Waals surface area (Å²) in [6.07, 6.45) is 0. The van der Waals surface area contributed by atoms with E-state index in [0.717, 1.165) is 4.90 Å². The first-order chi connectivity index (χ1) is 17.1. The van der Waals surface area contributed by atoms with Crippen LogP contribution < -0.4 is 10.6 Å². The summed E-state index contributed by atoms with van der Waals surface area (Å²) in [5.74, 6) is -1.10. The third-order valence-corrected chi connectivity index (χ3v) is 6.61. The Bertz CT molecular complexity index is 1510. The first-order valence-electron chi connectivity index (χ1n) is 11.2. The van der Waals surface area contributed by atoms with Crippen LogP contribution in [0.4, 0.5) is 17.1 Å². The number of carbonyl (C=O) groups is 3. The van der Waals surface area contributed by atoms with Gasteiger partial charge in [-0.25, -0.2) is 0 Å². The summed E-state index contributed by atoms with van der Waals surface area (Å²) < 4.78 is 0. The van der Waals surface area contributed by atoms with Gasteiger partial charge in [-0.05, 0) is 43.2 Å². The lowest BCUT2D eigenvalue weighted by Gasteiger charge is -2.35. The van der Waals surface area contributed by atoms with E-state index < -0.39 is 22.2 Å². The molecule has 180 valence electrons. The number of anilines is 2. The summed E-state index contributed by atoms with van der Waals surface area (Å²) in [7, 11) is 1.46. The summed E-state index contributed by atoms with van der Waals surface area (Å²) in [6.45, 7) is 3.54. The molecule has 0 saturated heterocycles. The topological polar surface area (TPSA) is 122 Å². The van der Waals surface area contributed by atoms with Crippen molar-refractivity contribution >= 4 is 46.1 Å². The molecule has 0 atom stereocenters. The molecule has 9 heteroatoms. The molecule has 9 nitrogen and oxygen atoms in total. The van der Waals surface area contributed by atoms with Gasteiger partial charge < -0.3 is 10.6 Å². The van der Waals surface area contributed by atoms with E-state index in [1.165, 1.54) is 25.2 Å². The number of hydrogen-bond acceptors (Lipinski definition) is 6. The first-order valence-corrected chi connectivity index (χ1v) is 11.2. The summed E-state index contributed by atoms with van der Waals surface area (Å²) in [5.41, 5.74) is 2.75. The molecule has 2 N–H and O–H groups in total.